The zero-order valence-electron chi connectivity index (χ0n) is 13.0. The van der Waals surface area contributed by atoms with Crippen molar-refractivity contribution in [1.82, 2.24) is 10.2 Å². The molecule has 0 aliphatic carbocycles. The van der Waals surface area contributed by atoms with Gasteiger partial charge in [-0.15, -0.1) is 0 Å². The molecule has 6 nitrogen and oxygen atoms in total. The van der Waals surface area contributed by atoms with Crippen LogP contribution < -0.4 is 5.32 Å². The monoisotopic (exact) mass is 399 g/mol. The van der Waals surface area contributed by atoms with Crippen molar-refractivity contribution in [2.75, 3.05) is 11.9 Å². The molecule has 0 atom stereocenters. The molecular weight excluding hydrogens is 386 g/mol. The molecule has 2 aromatic carbocycles. The zero-order valence-corrected chi connectivity index (χ0v) is 14.6. The third-order valence-corrected chi connectivity index (χ3v) is 3.86. The summed E-state index contributed by atoms with van der Waals surface area (Å²) >= 11 is 3.36. The Hall–Kier alpha value is -2.93. The highest BCUT2D eigenvalue weighted by Crippen LogP contribution is 2.20. The van der Waals surface area contributed by atoms with Crippen LogP contribution in [0, 0.1) is 0 Å². The van der Waals surface area contributed by atoms with Crippen LogP contribution in [-0.4, -0.2) is 28.7 Å². The van der Waals surface area contributed by atoms with Crippen molar-refractivity contribution in [2.24, 2.45) is 0 Å². The Kier molecular flexibility index (Phi) is 5.25. The smallest absolute Gasteiger partial charge is 0.356 e. The summed E-state index contributed by atoms with van der Waals surface area (Å²) < 4.78 is 5.96. The van der Waals surface area contributed by atoms with E-state index in [0.717, 1.165) is 10.0 Å². The molecule has 0 fully saturated rings. The minimum atomic E-state index is -0.640. The number of carbonyl (C=O) groups excluding carboxylic acids is 2. The first kappa shape index (κ1) is 16.9. The van der Waals surface area contributed by atoms with Crippen LogP contribution in [0.2, 0.25) is 0 Å². The fourth-order valence-corrected chi connectivity index (χ4v) is 2.39. The summed E-state index contributed by atoms with van der Waals surface area (Å²) in [6.45, 7) is -0.375. The first-order chi connectivity index (χ1) is 12.1. The van der Waals surface area contributed by atoms with Gasteiger partial charge in [-0.2, -0.15) is 5.10 Å². The third-order valence-electron chi connectivity index (χ3n) is 3.33. The van der Waals surface area contributed by atoms with Gasteiger partial charge < -0.3 is 10.1 Å². The second kappa shape index (κ2) is 7.76. The summed E-state index contributed by atoms with van der Waals surface area (Å²) in [6.07, 6.45) is 0. The van der Waals surface area contributed by atoms with E-state index in [0.29, 0.717) is 11.4 Å². The fourth-order valence-electron chi connectivity index (χ4n) is 2.12. The van der Waals surface area contributed by atoms with Crippen LogP contribution in [0.1, 0.15) is 10.5 Å². The lowest BCUT2D eigenvalue weighted by atomic mass is 10.1. The van der Waals surface area contributed by atoms with Crippen molar-refractivity contribution < 1.29 is 14.3 Å². The van der Waals surface area contributed by atoms with E-state index in [-0.39, 0.29) is 12.3 Å². The zero-order chi connectivity index (χ0) is 17.6. The Balaban J connectivity index is 1.57. The van der Waals surface area contributed by atoms with E-state index in [4.69, 9.17) is 4.74 Å². The van der Waals surface area contributed by atoms with E-state index in [1.54, 1.807) is 30.3 Å². The summed E-state index contributed by atoms with van der Waals surface area (Å²) in [7, 11) is 0. The molecule has 7 heteroatoms. The van der Waals surface area contributed by atoms with Crippen LogP contribution in [0.25, 0.3) is 11.3 Å². The number of H-pyrrole nitrogens is 1. The Bertz CT molecular complexity index is 876. The van der Waals surface area contributed by atoms with Crippen molar-refractivity contribution in [3.8, 4) is 11.3 Å². The average Bonchev–Trinajstić information content (AvgIpc) is 3.11. The predicted molar refractivity (Wildman–Crippen MR) is 97.1 cm³/mol. The quantitative estimate of drug-likeness (QED) is 0.641. The van der Waals surface area contributed by atoms with E-state index in [1.807, 2.05) is 30.3 Å². The normalized spacial score (nSPS) is 10.3. The van der Waals surface area contributed by atoms with Gasteiger partial charge in [-0.1, -0.05) is 46.3 Å². The van der Waals surface area contributed by atoms with Gasteiger partial charge in [-0.05, 0) is 30.3 Å². The molecule has 1 heterocycles. The number of halogens is 1. The van der Waals surface area contributed by atoms with Gasteiger partial charge in [0.2, 0.25) is 0 Å². The van der Waals surface area contributed by atoms with Crippen molar-refractivity contribution >= 4 is 33.5 Å². The van der Waals surface area contributed by atoms with Crippen molar-refractivity contribution in [3.05, 3.63) is 70.8 Å². The summed E-state index contributed by atoms with van der Waals surface area (Å²) in [5.74, 6) is -1.05. The summed E-state index contributed by atoms with van der Waals surface area (Å²) in [5.41, 5.74) is 2.31. The number of hydrogen-bond acceptors (Lipinski definition) is 4. The molecule has 126 valence electrons. The Morgan fingerprint density at radius 2 is 1.80 bits per heavy atom. The van der Waals surface area contributed by atoms with Crippen LogP contribution in [0.4, 0.5) is 5.69 Å². The standard InChI is InChI=1S/C18H14BrN3O3/c19-13-8-6-12(7-9-13)15-10-16(22-21-15)18(24)25-11-17(23)20-14-4-2-1-3-5-14/h1-10H,11H2,(H,20,23)(H,21,22). The fraction of sp³-hybridized carbons (Fsp3) is 0.0556. The van der Waals surface area contributed by atoms with Gasteiger partial charge in [0.1, 0.15) is 5.69 Å². The average molecular weight is 400 g/mol. The number of esters is 1. The molecule has 3 aromatic rings. The van der Waals surface area contributed by atoms with Crippen LogP contribution in [0.5, 0.6) is 0 Å². The highest BCUT2D eigenvalue weighted by atomic mass is 79.9. The summed E-state index contributed by atoms with van der Waals surface area (Å²) in [4.78, 5) is 23.8. The van der Waals surface area contributed by atoms with Gasteiger partial charge in [0.05, 0.1) is 5.69 Å². The van der Waals surface area contributed by atoms with Crippen molar-refractivity contribution in [1.29, 1.82) is 0 Å². The number of ether oxygens (including phenoxy) is 1. The number of rotatable bonds is 5. The van der Waals surface area contributed by atoms with Gasteiger partial charge in [-0.25, -0.2) is 4.79 Å². The third kappa shape index (κ3) is 4.54. The Labute approximate surface area is 152 Å². The second-order valence-electron chi connectivity index (χ2n) is 5.16. The largest absolute Gasteiger partial charge is 0.451 e. The van der Waals surface area contributed by atoms with E-state index < -0.39 is 11.9 Å². The number of benzene rings is 2. The molecule has 0 aliphatic heterocycles. The van der Waals surface area contributed by atoms with Crippen LogP contribution in [0.15, 0.2) is 65.1 Å². The maximum Gasteiger partial charge on any atom is 0.356 e. The van der Waals surface area contributed by atoms with Gasteiger partial charge in [0.25, 0.3) is 5.91 Å². The molecular formula is C18H14BrN3O3. The summed E-state index contributed by atoms with van der Waals surface area (Å²) in [5, 5.41) is 9.35. The Morgan fingerprint density at radius 1 is 1.08 bits per heavy atom. The van der Waals surface area contributed by atoms with Crippen LogP contribution >= 0.6 is 15.9 Å². The number of anilines is 1. The summed E-state index contributed by atoms with van der Waals surface area (Å²) in [6, 6.07) is 18.1. The number of nitrogens with zero attached hydrogens (tertiary/aromatic N) is 1. The van der Waals surface area contributed by atoms with Crippen molar-refractivity contribution in [2.45, 2.75) is 0 Å². The molecule has 0 unspecified atom stereocenters. The minimum absolute atomic E-state index is 0.186. The first-order valence-electron chi connectivity index (χ1n) is 7.45. The number of nitrogens with one attached hydrogen (secondary N) is 2. The van der Waals surface area contributed by atoms with E-state index in [9.17, 15) is 9.59 Å². The van der Waals surface area contributed by atoms with E-state index >= 15 is 0 Å². The molecule has 25 heavy (non-hydrogen) atoms. The highest BCUT2D eigenvalue weighted by Gasteiger charge is 2.14. The molecule has 1 amide bonds. The molecule has 2 N–H and O–H groups in total. The number of amides is 1. The van der Waals surface area contributed by atoms with Crippen LogP contribution in [-0.2, 0) is 9.53 Å². The molecule has 0 radical (unpaired) electrons. The lowest BCUT2D eigenvalue weighted by molar-refractivity contribution is -0.119. The van der Waals surface area contributed by atoms with Crippen LogP contribution in [0.3, 0.4) is 0 Å². The number of aromatic amines is 1. The van der Waals surface area contributed by atoms with E-state index in [1.165, 1.54) is 0 Å². The van der Waals surface area contributed by atoms with E-state index in [2.05, 4.69) is 31.4 Å². The molecule has 0 bridgehead atoms. The minimum Gasteiger partial charge on any atom is -0.451 e. The second-order valence-corrected chi connectivity index (χ2v) is 6.08. The van der Waals surface area contributed by atoms with Gasteiger partial charge in [-0.3, -0.25) is 9.89 Å². The number of carbonyl (C=O) groups is 2. The molecule has 1 aromatic heterocycles. The topological polar surface area (TPSA) is 84.1 Å². The lowest BCUT2D eigenvalue weighted by Gasteiger charge is -2.05. The van der Waals surface area contributed by atoms with Gasteiger partial charge >= 0.3 is 5.97 Å². The molecule has 0 spiro atoms. The number of aromatic nitrogens is 2. The molecule has 0 saturated heterocycles. The predicted octanol–water partition coefficient (Wildman–Crippen LogP) is 3.63. The maximum absolute atomic E-state index is 12.0. The van der Waals surface area contributed by atoms with Crippen molar-refractivity contribution in [3.63, 3.8) is 0 Å². The SMILES string of the molecule is O=C(COC(=O)c1cc(-c2ccc(Br)cc2)n[nH]1)Nc1ccccc1. The number of para-hydroxylation sites is 1. The lowest BCUT2D eigenvalue weighted by Crippen LogP contribution is -2.21. The highest BCUT2D eigenvalue weighted by molar-refractivity contribution is 9.10. The van der Waals surface area contributed by atoms with Gasteiger partial charge in [0, 0.05) is 15.7 Å². The maximum atomic E-state index is 12.0. The Morgan fingerprint density at radius 3 is 2.52 bits per heavy atom. The van der Waals surface area contributed by atoms with Gasteiger partial charge in [0.15, 0.2) is 6.61 Å². The molecule has 0 aliphatic rings. The first-order valence-corrected chi connectivity index (χ1v) is 8.24. The number of hydrogen-bond donors (Lipinski definition) is 2. The molecule has 0 saturated carbocycles. The molecule has 3 rings (SSSR count).